The fraction of sp³-hybridized carbons (Fsp3) is 0.417. The maximum Gasteiger partial charge on any atom is 0.152 e. The monoisotopic (exact) mass is 202 g/mol. The van der Waals surface area contributed by atoms with Crippen LogP contribution in [0.2, 0.25) is 0 Å². The third-order valence-electron chi connectivity index (χ3n) is 3.01. The molecule has 0 bridgehead atoms. The zero-order valence-corrected chi connectivity index (χ0v) is 8.57. The molecule has 78 valence electrons. The molecular weight excluding hydrogens is 188 g/mol. The summed E-state index contributed by atoms with van der Waals surface area (Å²) in [5.74, 6) is 0. The first-order valence-electron chi connectivity index (χ1n) is 5.47. The minimum atomic E-state index is 0.613. The summed E-state index contributed by atoms with van der Waals surface area (Å²) in [5, 5.41) is 4.63. The topological polar surface area (TPSA) is 38.1 Å². The van der Waals surface area contributed by atoms with E-state index in [1.807, 2.05) is 12.3 Å². The second-order valence-corrected chi connectivity index (χ2v) is 4.13. The molecule has 1 saturated heterocycles. The minimum Gasteiger partial charge on any atom is -0.463 e. The van der Waals surface area contributed by atoms with Gasteiger partial charge in [-0.25, -0.2) is 0 Å². The van der Waals surface area contributed by atoms with Crippen LogP contribution in [-0.4, -0.2) is 17.6 Å². The van der Waals surface area contributed by atoms with Gasteiger partial charge in [-0.15, -0.1) is 0 Å². The Balaban J connectivity index is 1.84. The summed E-state index contributed by atoms with van der Waals surface area (Å²) in [6.07, 6.45) is 7.12. The maximum absolute atomic E-state index is 5.26. The van der Waals surface area contributed by atoms with Crippen LogP contribution in [0.25, 0.3) is 11.0 Å². The number of rotatable bonds is 2. The van der Waals surface area contributed by atoms with Gasteiger partial charge in [-0.05, 0) is 31.5 Å². The van der Waals surface area contributed by atoms with E-state index in [1.54, 1.807) is 6.26 Å². The lowest BCUT2D eigenvalue weighted by Crippen LogP contribution is -2.23. The average Bonchev–Trinajstić information content (AvgIpc) is 2.87. The van der Waals surface area contributed by atoms with Crippen molar-refractivity contribution in [3.63, 3.8) is 0 Å². The maximum atomic E-state index is 5.26. The minimum absolute atomic E-state index is 0.613. The van der Waals surface area contributed by atoms with Crippen molar-refractivity contribution in [2.24, 2.45) is 0 Å². The lowest BCUT2D eigenvalue weighted by molar-refractivity contribution is 0.593. The first-order chi connectivity index (χ1) is 7.42. The highest BCUT2D eigenvalue weighted by molar-refractivity contribution is 5.76. The van der Waals surface area contributed by atoms with E-state index in [1.165, 1.54) is 12.8 Å². The highest BCUT2D eigenvalue weighted by atomic mass is 16.3. The number of fused-ring (bicyclic) bond motifs is 1. The lowest BCUT2D eigenvalue weighted by Gasteiger charge is -2.08. The molecule has 1 unspecified atom stereocenters. The van der Waals surface area contributed by atoms with Crippen molar-refractivity contribution >= 4 is 11.0 Å². The van der Waals surface area contributed by atoms with E-state index in [0.29, 0.717) is 6.04 Å². The van der Waals surface area contributed by atoms with Crippen LogP contribution in [0.15, 0.2) is 29.0 Å². The number of hydrogen-bond donors (Lipinski definition) is 1. The second kappa shape index (κ2) is 3.66. The van der Waals surface area contributed by atoms with Gasteiger partial charge in [-0.3, -0.25) is 4.98 Å². The van der Waals surface area contributed by atoms with Gasteiger partial charge in [-0.1, -0.05) is 0 Å². The fourth-order valence-electron chi connectivity index (χ4n) is 2.21. The Morgan fingerprint density at radius 3 is 3.40 bits per heavy atom. The molecule has 0 radical (unpaired) electrons. The van der Waals surface area contributed by atoms with Gasteiger partial charge in [0.1, 0.15) is 0 Å². The molecule has 0 aliphatic carbocycles. The van der Waals surface area contributed by atoms with Crippen LogP contribution >= 0.6 is 0 Å². The second-order valence-electron chi connectivity index (χ2n) is 4.13. The molecule has 0 aromatic carbocycles. The molecule has 15 heavy (non-hydrogen) atoms. The smallest absolute Gasteiger partial charge is 0.152 e. The average molecular weight is 202 g/mol. The standard InChI is InChI=1S/C12H14N2O/c1-2-10(13-4-1)7-11-6-9-3-5-15-12(9)8-14-11/h3,5-6,8,10,13H,1-2,4,7H2. The molecule has 0 saturated carbocycles. The van der Waals surface area contributed by atoms with Gasteiger partial charge in [0.25, 0.3) is 0 Å². The summed E-state index contributed by atoms with van der Waals surface area (Å²) in [6.45, 7) is 1.15. The van der Waals surface area contributed by atoms with E-state index in [2.05, 4.69) is 16.4 Å². The van der Waals surface area contributed by atoms with Gasteiger partial charge in [-0.2, -0.15) is 0 Å². The van der Waals surface area contributed by atoms with E-state index >= 15 is 0 Å². The number of furan rings is 1. The normalized spacial score (nSPS) is 21.2. The first kappa shape index (κ1) is 8.92. The Morgan fingerprint density at radius 1 is 1.53 bits per heavy atom. The van der Waals surface area contributed by atoms with E-state index in [4.69, 9.17) is 4.42 Å². The van der Waals surface area contributed by atoms with Crippen molar-refractivity contribution in [2.45, 2.75) is 25.3 Å². The molecule has 0 amide bonds. The van der Waals surface area contributed by atoms with E-state index in [-0.39, 0.29) is 0 Å². The molecule has 2 aromatic rings. The number of hydrogen-bond acceptors (Lipinski definition) is 3. The van der Waals surface area contributed by atoms with Crippen LogP contribution in [0.3, 0.4) is 0 Å². The molecule has 3 heterocycles. The van der Waals surface area contributed by atoms with Gasteiger partial charge in [0, 0.05) is 23.5 Å². The Kier molecular flexibility index (Phi) is 2.18. The summed E-state index contributed by atoms with van der Waals surface area (Å²) < 4.78 is 5.26. The molecule has 1 N–H and O–H groups in total. The highest BCUT2D eigenvalue weighted by Gasteiger charge is 2.15. The number of nitrogens with one attached hydrogen (secondary N) is 1. The summed E-state index contributed by atoms with van der Waals surface area (Å²) in [7, 11) is 0. The molecule has 3 rings (SSSR count). The molecule has 1 aliphatic rings. The van der Waals surface area contributed by atoms with Gasteiger partial charge in [0.05, 0.1) is 12.5 Å². The lowest BCUT2D eigenvalue weighted by atomic mass is 10.1. The Morgan fingerprint density at radius 2 is 2.53 bits per heavy atom. The van der Waals surface area contributed by atoms with Crippen LogP contribution in [-0.2, 0) is 6.42 Å². The zero-order valence-electron chi connectivity index (χ0n) is 8.57. The van der Waals surface area contributed by atoms with Gasteiger partial charge >= 0.3 is 0 Å². The molecule has 1 aliphatic heterocycles. The van der Waals surface area contributed by atoms with Gasteiger partial charge in [0.2, 0.25) is 0 Å². The largest absolute Gasteiger partial charge is 0.463 e. The Labute approximate surface area is 88.5 Å². The fourth-order valence-corrected chi connectivity index (χ4v) is 2.21. The SMILES string of the molecule is c1cc2cc(CC3CCCN3)ncc2o1. The van der Waals surface area contributed by atoms with Crippen molar-refractivity contribution < 1.29 is 4.42 Å². The Hall–Kier alpha value is -1.35. The molecule has 3 nitrogen and oxygen atoms in total. The summed E-state index contributed by atoms with van der Waals surface area (Å²) in [4.78, 5) is 4.41. The van der Waals surface area contributed by atoms with Crippen LogP contribution in [0.5, 0.6) is 0 Å². The molecule has 2 aromatic heterocycles. The summed E-state index contributed by atoms with van der Waals surface area (Å²) >= 11 is 0. The molecular formula is C12H14N2O. The summed E-state index contributed by atoms with van der Waals surface area (Å²) in [5.41, 5.74) is 2.03. The van der Waals surface area contributed by atoms with E-state index < -0.39 is 0 Å². The predicted octanol–water partition coefficient (Wildman–Crippen LogP) is 2.12. The van der Waals surface area contributed by atoms with Crippen molar-refractivity contribution in [2.75, 3.05) is 6.54 Å². The third-order valence-corrected chi connectivity index (χ3v) is 3.01. The van der Waals surface area contributed by atoms with Crippen molar-refractivity contribution in [1.29, 1.82) is 0 Å². The van der Waals surface area contributed by atoms with Crippen molar-refractivity contribution in [3.8, 4) is 0 Å². The number of nitrogens with zero attached hydrogens (tertiary/aromatic N) is 1. The molecule has 1 atom stereocenters. The van der Waals surface area contributed by atoms with Crippen LogP contribution < -0.4 is 5.32 Å². The highest BCUT2D eigenvalue weighted by Crippen LogP contribution is 2.17. The van der Waals surface area contributed by atoms with Crippen molar-refractivity contribution in [3.05, 3.63) is 30.3 Å². The molecule has 0 spiro atoms. The van der Waals surface area contributed by atoms with Crippen molar-refractivity contribution in [1.82, 2.24) is 10.3 Å². The quantitative estimate of drug-likeness (QED) is 0.810. The number of pyridine rings is 1. The molecule has 1 fully saturated rings. The van der Waals surface area contributed by atoms with Crippen LogP contribution in [0.1, 0.15) is 18.5 Å². The van der Waals surface area contributed by atoms with Crippen LogP contribution in [0.4, 0.5) is 0 Å². The van der Waals surface area contributed by atoms with E-state index in [9.17, 15) is 0 Å². The van der Waals surface area contributed by atoms with Gasteiger partial charge < -0.3 is 9.73 Å². The predicted molar refractivity (Wildman–Crippen MR) is 58.7 cm³/mol. The first-order valence-corrected chi connectivity index (χ1v) is 5.47. The van der Waals surface area contributed by atoms with E-state index in [0.717, 1.165) is 29.6 Å². The van der Waals surface area contributed by atoms with Gasteiger partial charge in [0.15, 0.2) is 5.58 Å². The third kappa shape index (κ3) is 1.75. The molecule has 3 heteroatoms. The summed E-state index contributed by atoms with van der Waals surface area (Å²) in [6, 6.07) is 4.73. The Bertz CT molecular complexity index is 457. The zero-order chi connectivity index (χ0) is 10.1. The van der Waals surface area contributed by atoms with Crippen LogP contribution in [0, 0.1) is 0 Å². The number of aromatic nitrogens is 1.